The van der Waals surface area contributed by atoms with Gasteiger partial charge in [-0.1, -0.05) is 26.8 Å². The standard InChI is InChI=1S/C14H22FIO2Si/c1-14(2,3)19(4,5)18-10-9-17-12-8-6-7-11(15)13(12)16/h6-8H,9-10H2,1-5H3. The van der Waals surface area contributed by atoms with Crippen LogP contribution in [0.2, 0.25) is 18.1 Å². The minimum Gasteiger partial charge on any atom is -0.490 e. The summed E-state index contributed by atoms with van der Waals surface area (Å²) >= 11 is 1.95. The molecule has 0 bridgehead atoms. The summed E-state index contributed by atoms with van der Waals surface area (Å²) in [5, 5.41) is 0.195. The number of benzene rings is 1. The fourth-order valence-electron chi connectivity index (χ4n) is 1.26. The van der Waals surface area contributed by atoms with Crippen LogP contribution in [0.1, 0.15) is 20.8 Å². The van der Waals surface area contributed by atoms with Gasteiger partial charge in [0.05, 0.1) is 10.2 Å². The van der Waals surface area contributed by atoms with Crippen molar-refractivity contribution in [3.63, 3.8) is 0 Å². The van der Waals surface area contributed by atoms with Gasteiger partial charge in [-0.3, -0.25) is 0 Å². The molecule has 1 rings (SSSR count). The second-order valence-electron chi connectivity index (χ2n) is 6.01. The normalized spacial score (nSPS) is 12.6. The van der Waals surface area contributed by atoms with Crippen LogP contribution in [0.3, 0.4) is 0 Å². The Morgan fingerprint density at radius 2 is 1.84 bits per heavy atom. The molecular weight excluding hydrogens is 374 g/mol. The van der Waals surface area contributed by atoms with E-state index < -0.39 is 8.32 Å². The average Bonchev–Trinajstić information content (AvgIpc) is 2.28. The molecule has 19 heavy (non-hydrogen) atoms. The molecule has 1 aromatic carbocycles. The zero-order valence-corrected chi connectivity index (χ0v) is 15.4. The van der Waals surface area contributed by atoms with E-state index in [-0.39, 0.29) is 10.9 Å². The molecule has 0 saturated carbocycles. The predicted molar refractivity (Wildman–Crippen MR) is 87.8 cm³/mol. The quantitative estimate of drug-likeness (QED) is 0.403. The molecule has 0 aliphatic carbocycles. The highest BCUT2D eigenvalue weighted by molar-refractivity contribution is 14.1. The molecule has 5 heteroatoms. The van der Waals surface area contributed by atoms with Crippen LogP contribution in [0.4, 0.5) is 4.39 Å². The van der Waals surface area contributed by atoms with Crippen LogP contribution >= 0.6 is 22.6 Å². The van der Waals surface area contributed by atoms with Gasteiger partial charge in [0.25, 0.3) is 0 Å². The van der Waals surface area contributed by atoms with Crippen molar-refractivity contribution in [3.05, 3.63) is 27.6 Å². The molecule has 0 unspecified atom stereocenters. The van der Waals surface area contributed by atoms with Gasteiger partial charge in [-0.25, -0.2) is 4.39 Å². The Bertz CT molecular complexity index is 430. The molecule has 0 heterocycles. The highest BCUT2D eigenvalue weighted by Crippen LogP contribution is 2.36. The van der Waals surface area contributed by atoms with Crippen LogP contribution in [0.5, 0.6) is 5.75 Å². The van der Waals surface area contributed by atoms with E-state index in [4.69, 9.17) is 9.16 Å². The van der Waals surface area contributed by atoms with E-state index in [0.717, 1.165) is 0 Å². The van der Waals surface area contributed by atoms with E-state index in [2.05, 4.69) is 33.9 Å². The highest BCUT2D eigenvalue weighted by Gasteiger charge is 2.36. The Morgan fingerprint density at radius 3 is 2.42 bits per heavy atom. The molecule has 1 aromatic rings. The molecule has 0 aliphatic rings. The maximum absolute atomic E-state index is 13.3. The molecule has 0 saturated heterocycles. The van der Waals surface area contributed by atoms with Gasteiger partial charge in [0.1, 0.15) is 18.2 Å². The lowest BCUT2D eigenvalue weighted by molar-refractivity contribution is 0.202. The van der Waals surface area contributed by atoms with Gasteiger partial charge in [0.15, 0.2) is 8.32 Å². The molecule has 0 aliphatic heterocycles. The number of halogens is 2. The van der Waals surface area contributed by atoms with Gasteiger partial charge >= 0.3 is 0 Å². The average molecular weight is 396 g/mol. The maximum atomic E-state index is 13.3. The first-order valence-electron chi connectivity index (χ1n) is 6.36. The van der Waals surface area contributed by atoms with Crippen molar-refractivity contribution in [2.24, 2.45) is 0 Å². The first kappa shape index (κ1) is 16.9. The van der Waals surface area contributed by atoms with Gasteiger partial charge in [-0.05, 0) is 52.9 Å². The molecule has 0 fully saturated rings. The zero-order chi connectivity index (χ0) is 14.7. The SMILES string of the molecule is CC(C)(C)[Si](C)(C)OCCOc1cccc(F)c1I. The summed E-state index contributed by atoms with van der Waals surface area (Å²) in [6.45, 7) is 12.0. The van der Waals surface area contributed by atoms with Crippen molar-refractivity contribution in [1.82, 2.24) is 0 Å². The van der Waals surface area contributed by atoms with E-state index in [1.165, 1.54) is 6.07 Å². The number of ether oxygens (including phenoxy) is 1. The largest absolute Gasteiger partial charge is 0.490 e. The highest BCUT2D eigenvalue weighted by atomic mass is 127. The smallest absolute Gasteiger partial charge is 0.192 e. The van der Waals surface area contributed by atoms with Crippen LogP contribution in [0.15, 0.2) is 18.2 Å². The fourth-order valence-corrected chi connectivity index (χ4v) is 2.80. The van der Waals surface area contributed by atoms with Crippen molar-refractivity contribution >= 4 is 30.9 Å². The molecule has 0 amide bonds. The minimum atomic E-state index is -1.72. The Morgan fingerprint density at radius 1 is 1.21 bits per heavy atom. The van der Waals surface area contributed by atoms with E-state index in [1.807, 2.05) is 22.6 Å². The summed E-state index contributed by atoms with van der Waals surface area (Å²) in [6.07, 6.45) is 0. The summed E-state index contributed by atoms with van der Waals surface area (Å²) in [6, 6.07) is 4.86. The van der Waals surface area contributed by atoms with Crippen LogP contribution in [-0.2, 0) is 4.43 Å². The van der Waals surface area contributed by atoms with E-state index in [0.29, 0.717) is 22.5 Å². The lowest BCUT2D eigenvalue weighted by Crippen LogP contribution is -2.41. The van der Waals surface area contributed by atoms with E-state index >= 15 is 0 Å². The summed E-state index contributed by atoms with van der Waals surface area (Å²) in [5.74, 6) is 0.336. The number of rotatable bonds is 5. The number of hydrogen-bond acceptors (Lipinski definition) is 2. The first-order chi connectivity index (χ1) is 8.65. The third kappa shape index (κ3) is 4.72. The van der Waals surface area contributed by atoms with Crippen molar-refractivity contribution in [1.29, 1.82) is 0 Å². The van der Waals surface area contributed by atoms with Gasteiger partial charge in [-0.2, -0.15) is 0 Å². The molecule has 0 aromatic heterocycles. The second-order valence-corrected chi connectivity index (χ2v) is 11.9. The monoisotopic (exact) mass is 396 g/mol. The van der Waals surface area contributed by atoms with Crippen LogP contribution < -0.4 is 4.74 Å². The molecule has 0 N–H and O–H groups in total. The molecule has 108 valence electrons. The third-order valence-corrected chi connectivity index (χ3v) is 9.11. The predicted octanol–water partition coefficient (Wildman–Crippen LogP) is 4.83. The van der Waals surface area contributed by atoms with Crippen molar-refractivity contribution < 1.29 is 13.6 Å². The lowest BCUT2D eigenvalue weighted by atomic mass is 10.2. The van der Waals surface area contributed by atoms with Crippen molar-refractivity contribution in [3.8, 4) is 5.75 Å². The molecule has 0 spiro atoms. The summed E-state index contributed by atoms with van der Waals surface area (Å²) in [7, 11) is -1.72. The Balaban J connectivity index is 2.46. The van der Waals surface area contributed by atoms with E-state index in [1.54, 1.807) is 12.1 Å². The minimum absolute atomic E-state index is 0.195. The Kier molecular flexibility index (Phi) is 5.82. The van der Waals surface area contributed by atoms with Crippen molar-refractivity contribution in [2.45, 2.75) is 38.9 Å². The van der Waals surface area contributed by atoms with Gasteiger partial charge in [0, 0.05) is 0 Å². The molecule has 0 radical (unpaired) electrons. The second kappa shape index (κ2) is 6.54. The molecule has 0 atom stereocenters. The topological polar surface area (TPSA) is 18.5 Å². The van der Waals surface area contributed by atoms with Crippen LogP contribution in [-0.4, -0.2) is 21.5 Å². The maximum Gasteiger partial charge on any atom is 0.192 e. The van der Waals surface area contributed by atoms with E-state index in [9.17, 15) is 4.39 Å². The fraction of sp³-hybridized carbons (Fsp3) is 0.571. The summed E-state index contributed by atoms with van der Waals surface area (Å²) in [4.78, 5) is 0. The van der Waals surface area contributed by atoms with Crippen LogP contribution in [0, 0.1) is 9.39 Å². The zero-order valence-electron chi connectivity index (χ0n) is 12.2. The van der Waals surface area contributed by atoms with Gasteiger partial charge in [-0.15, -0.1) is 0 Å². The molecular formula is C14H22FIO2Si. The number of hydrogen-bond donors (Lipinski definition) is 0. The summed E-state index contributed by atoms with van der Waals surface area (Å²) < 4.78 is 25.4. The molecule has 2 nitrogen and oxygen atoms in total. The Labute approximate surface area is 130 Å². The van der Waals surface area contributed by atoms with Gasteiger partial charge < -0.3 is 9.16 Å². The lowest BCUT2D eigenvalue weighted by Gasteiger charge is -2.36. The summed E-state index contributed by atoms with van der Waals surface area (Å²) in [5.41, 5.74) is 0. The van der Waals surface area contributed by atoms with Crippen LogP contribution in [0.25, 0.3) is 0 Å². The first-order valence-corrected chi connectivity index (χ1v) is 10.3. The Hall–Kier alpha value is -0.143. The van der Waals surface area contributed by atoms with Crippen molar-refractivity contribution in [2.75, 3.05) is 13.2 Å². The van der Waals surface area contributed by atoms with Gasteiger partial charge in [0.2, 0.25) is 0 Å². The third-order valence-electron chi connectivity index (χ3n) is 3.53.